The van der Waals surface area contributed by atoms with Crippen molar-refractivity contribution in [2.24, 2.45) is 11.8 Å². The summed E-state index contributed by atoms with van der Waals surface area (Å²) in [5.41, 5.74) is 6.46. The zero-order chi connectivity index (χ0) is 31.3. The largest absolute Gasteiger partial charge is 0.494 e. The molecule has 232 valence electrons. The van der Waals surface area contributed by atoms with Gasteiger partial charge in [0.1, 0.15) is 23.9 Å². The van der Waals surface area contributed by atoms with Crippen LogP contribution in [-0.4, -0.2) is 83.5 Å². The molecule has 0 saturated carbocycles. The van der Waals surface area contributed by atoms with Crippen LogP contribution in [0.25, 0.3) is 22.1 Å². The highest BCUT2D eigenvalue weighted by molar-refractivity contribution is 7.71. The number of methoxy groups -OCH3 is 1. The average molecular weight is 624 g/mol. The number of rotatable bonds is 8. The van der Waals surface area contributed by atoms with Crippen LogP contribution in [0.5, 0.6) is 5.75 Å². The summed E-state index contributed by atoms with van der Waals surface area (Å²) < 4.78 is 19.5. The average Bonchev–Trinajstić information content (AvgIpc) is 3.57. The summed E-state index contributed by atoms with van der Waals surface area (Å²) in [6, 6.07) is 11.8. The first-order valence-corrected chi connectivity index (χ1v) is 17.9. The van der Waals surface area contributed by atoms with Gasteiger partial charge < -0.3 is 29.7 Å². The Hall–Kier alpha value is -4.34. The monoisotopic (exact) mass is 623 g/mol. The Morgan fingerprint density at radius 1 is 0.889 bits per heavy atom. The molecule has 3 aromatic heterocycles. The highest BCUT2D eigenvalue weighted by Gasteiger charge is 2.39. The maximum atomic E-state index is 13.5. The summed E-state index contributed by atoms with van der Waals surface area (Å²) in [5.74, 6) is 3.02. The molecule has 5 heterocycles. The zero-order valence-electron chi connectivity index (χ0n) is 26.3. The first-order valence-electron chi connectivity index (χ1n) is 15.3. The molecular weight excluding hydrogens is 585 g/mol. The van der Waals surface area contributed by atoms with E-state index in [0.717, 1.165) is 44.0 Å². The quantitative estimate of drug-likeness (QED) is 0.220. The van der Waals surface area contributed by atoms with Crippen LogP contribution in [0.1, 0.15) is 12.5 Å². The third-order valence-electron chi connectivity index (χ3n) is 8.90. The molecule has 2 aliphatic rings. The molecule has 0 bridgehead atoms. The first kappa shape index (κ1) is 29.4. The SMILES string of the molecule is CCc1cc(Nc2nc(Nc3ccc4nccnc4c3P(C)(C)=O)c3ncccc3n2)c(OC)cc1N1C[C@H]2CN(C)C[C@H]2C1. The maximum Gasteiger partial charge on any atom is 0.229 e. The fraction of sp³-hybridized carbons (Fsp3) is 0.364. The molecule has 0 aliphatic carbocycles. The summed E-state index contributed by atoms with van der Waals surface area (Å²) in [7, 11) is 1.14. The van der Waals surface area contributed by atoms with E-state index in [-0.39, 0.29) is 0 Å². The van der Waals surface area contributed by atoms with Gasteiger partial charge in [0, 0.05) is 56.5 Å². The van der Waals surface area contributed by atoms with E-state index in [2.05, 4.69) is 61.5 Å². The van der Waals surface area contributed by atoms with Crippen molar-refractivity contribution in [1.82, 2.24) is 29.8 Å². The van der Waals surface area contributed by atoms with Crippen molar-refractivity contribution in [3.63, 3.8) is 0 Å². The number of pyridine rings is 1. The van der Waals surface area contributed by atoms with Crippen molar-refractivity contribution < 1.29 is 9.30 Å². The highest BCUT2D eigenvalue weighted by atomic mass is 31.2. The summed E-state index contributed by atoms with van der Waals surface area (Å²) in [4.78, 5) is 28.2. The Morgan fingerprint density at radius 2 is 1.64 bits per heavy atom. The second kappa shape index (κ2) is 11.5. The van der Waals surface area contributed by atoms with Gasteiger partial charge in [-0.1, -0.05) is 6.92 Å². The number of nitrogens with one attached hydrogen (secondary N) is 2. The standard InChI is InChI=1S/C33H38N9O2P/c1-6-20-14-26(28(44-3)15-27(20)42-18-21-16-41(2)17-22(21)19-42)39-33-38-24-8-7-11-35-30(24)32(40-33)37-25-10-9-23-29(36-13-12-34-23)31(25)45(4,5)43/h7-15,21-22H,6,16-19H2,1-5H3,(H2,37,38,39,40)/t21-,22+. The third kappa shape index (κ3) is 5.55. The van der Waals surface area contributed by atoms with Gasteiger partial charge in [0.2, 0.25) is 5.95 Å². The number of fused-ring (bicyclic) bond motifs is 3. The number of nitrogens with zero attached hydrogens (tertiary/aromatic N) is 7. The van der Waals surface area contributed by atoms with Crippen LogP contribution in [0.4, 0.5) is 28.8 Å². The molecule has 2 aliphatic heterocycles. The van der Waals surface area contributed by atoms with E-state index >= 15 is 0 Å². The molecular formula is C33H38N9O2P. The van der Waals surface area contributed by atoms with E-state index in [9.17, 15) is 4.57 Å². The molecule has 2 aromatic carbocycles. The molecule has 0 amide bonds. The van der Waals surface area contributed by atoms with Crippen molar-refractivity contribution in [3.05, 3.63) is 60.6 Å². The zero-order valence-corrected chi connectivity index (χ0v) is 27.2. The minimum absolute atomic E-state index is 0.392. The smallest absolute Gasteiger partial charge is 0.229 e. The summed E-state index contributed by atoms with van der Waals surface area (Å²) in [6.07, 6.45) is 5.85. The number of aromatic nitrogens is 5. The van der Waals surface area contributed by atoms with Crippen LogP contribution in [0.2, 0.25) is 0 Å². The molecule has 2 saturated heterocycles. The van der Waals surface area contributed by atoms with E-state index in [1.807, 2.05) is 24.3 Å². The van der Waals surface area contributed by atoms with E-state index < -0.39 is 7.14 Å². The van der Waals surface area contributed by atoms with Gasteiger partial charge in [-0.3, -0.25) is 15.0 Å². The lowest BCUT2D eigenvalue weighted by Crippen LogP contribution is -2.27. The normalized spacial score (nSPS) is 18.5. The van der Waals surface area contributed by atoms with Crippen LogP contribution >= 0.6 is 7.14 Å². The van der Waals surface area contributed by atoms with Crippen molar-refractivity contribution in [3.8, 4) is 5.75 Å². The number of benzene rings is 2. The fourth-order valence-electron chi connectivity index (χ4n) is 6.91. The summed E-state index contributed by atoms with van der Waals surface area (Å²) in [5, 5.41) is 7.48. The first-order chi connectivity index (χ1) is 21.7. The Bertz CT molecular complexity index is 1950. The van der Waals surface area contributed by atoms with E-state index in [1.165, 1.54) is 11.3 Å². The van der Waals surface area contributed by atoms with Crippen molar-refractivity contribution in [2.75, 3.05) is 69.2 Å². The molecule has 45 heavy (non-hydrogen) atoms. The Labute approximate surface area is 262 Å². The van der Waals surface area contributed by atoms with Gasteiger partial charge >= 0.3 is 0 Å². The Morgan fingerprint density at radius 3 is 2.38 bits per heavy atom. The minimum Gasteiger partial charge on any atom is -0.494 e. The summed E-state index contributed by atoms with van der Waals surface area (Å²) in [6.45, 7) is 10.1. The van der Waals surface area contributed by atoms with Crippen LogP contribution in [0.15, 0.2) is 55.0 Å². The Balaban J connectivity index is 1.26. The summed E-state index contributed by atoms with van der Waals surface area (Å²) >= 11 is 0. The second-order valence-electron chi connectivity index (χ2n) is 12.4. The van der Waals surface area contributed by atoms with Gasteiger partial charge in [-0.05, 0) is 74.5 Å². The molecule has 5 aromatic rings. The molecule has 2 N–H and O–H groups in total. The second-order valence-corrected chi connectivity index (χ2v) is 15.6. The van der Waals surface area contributed by atoms with Gasteiger partial charge in [0.25, 0.3) is 0 Å². The lowest BCUT2D eigenvalue weighted by Gasteiger charge is -2.25. The van der Waals surface area contributed by atoms with Crippen LogP contribution in [0, 0.1) is 11.8 Å². The van der Waals surface area contributed by atoms with Gasteiger partial charge in [-0.15, -0.1) is 0 Å². The van der Waals surface area contributed by atoms with Crippen LogP contribution in [0.3, 0.4) is 0 Å². The number of ether oxygens (including phenoxy) is 1. The lowest BCUT2D eigenvalue weighted by molar-refractivity contribution is 0.387. The Kier molecular flexibility index (Phi) is 7.54. The van der Waals surface area contributed by atoms with Gasteiger partial charge in [-0.25, -0.2) is 4.98 Å². The molecule has 0 spiro atoms. The predicted molar refractivity (Wildman–Crippen MR) is 182 cm³/mol. The van der Waals surface area contributed by atoms with E-state index in [0.29, 0.717) is 56.7 Å². The molecule has 2 fully saturated rings. The van der Waals surface area contributed by atoms with E-state index in [4.69, 9.17) is 14.7 Å². The van der Waals surface area contributed by atoms with Crippen molar-refractivity contribution in [2.45, 2.75) is 13.3 Å². The van der Waals surface area contributed by atoms with Gasteiger partial charge in [-0.2, -0.15) is 4.98 Å². The minimum atomic E-state index is -2.78. The molecule has 11 nitrogen and oxygen atoms in total. The van der Waals surface area contributed by atoms with Crippen molar-refractivity contribution in [1.29, 1.82) is 0 Å². The van der Waals surface area contributed by atoms with Gasteiger partial charge in [0.05, 0.1) is 34.8 Å². The maximum absolute atomic E-state index is 13.5. The molecule has 0 radical (unpaired) electrons. The third-order valence-corrected chi connectivity index (χ3v) is 10.4. The molecule has 0 unspecified atom stereocenters. The van der Waals surface area contributed by atoms with Gasteiger partial charge in [0.15, 0.2) is 5.82 Å². The lowest BCUT2D eigenvalue weighted by atomic mass is 10.0. The number of likely N-dealkylation sites (tertiary alicyclic amines) is 1. The molecule has 12 heteroatoms. The van der Waals surface area contributed by atoms with Crippen LogP contribution in [-0.2, 0) is 11.0 Å². The highest BCUT2D eigenvalue weighted by Crippen LogP contribution is 2.42. The predicted octanol–water partition coefficient (Wildman–Crippen LogP) is 5.27. The topological polar surface area (TPSA) is 121 Å². The van der Waals surface area contributed by atoms with E-state index in [1.54, 1.807) is 39.0 Å². The molecule has 7 rings (SSSR count). The number of aryl methyl sites for hydroxylation is 1. The molecule has 2 atom stereocenters. The fourth-order valence-corrected chi connectivity index (χ4v) is 8.30. The number of anilines is 5. The number of hydrogen-bond donors (Lipinski definition) is 2. The number of hydrogen-bond acceptors (Lipinski definition) is 11. The van der Waals surface area contributed by atoms with Crippen LogP contribution < -0.4 is 25.6 Å². The van der Waals surface area contributed by atoms with Crippen molar-refractivity contribution >= 4 is 63.3 Å².